The second-order valence-electron chi connectivity index (χ2n) is 3.92. The predicted molar refractivity (Wildman–Crippen MR) is 80.8 cm³/mol. The first-order valence-corrected chi connectivity index (χ1v) is 6.85. The summed E-state index contributed by atoms with van der Waals surface area (Å²) < 4.78 is 5.73. The van der Waals surface area contributed by atoms with Crippen LogP contribution in [0.25, 0.3) is 17.4 Å². The average Bonchev–Trinajstić information content (AvgIpc) is 2.99. The standard InChI is InChI=1S/C14H9NO2S2/c16-14-15-13(18)12(19-14)8-10-6-7-11(17-10)9-4-2-1-3-5-9/h1-8H,(H,15,16,18)/b12-8-. The number of rotatable bonds is 2. The van der Waals surface area contributed by atoms with Crippen LogP contribution in [0.3, 0.4) is 0 Å². The SMILES string of the molecule is O=C1NC(=S)/C(=C/c2ccc(-c3ccccc3)o2)S1. The number of carbonyl (C=O) groups is 1. The molecule has 94 valence electrons. The molecular formula is C14H9NO2S2. The van der Waals surface area contributed by atoms with Gasteiger partial charge in [0.2, 0.25) is 0 Å². The second kappa shape index (κ2) is 5.03. The van der Waals surface area contributed by atoms with Gasteiger partial charge in [-0.05, 0) is 30.0 Å². The molecule has 0 spiro atoms. The number of carbonyl (C=O) groups excluding carboxylic acids is 1. The Kier molecular flexibility index (Phi) is 3.23. The number of amides is 1. The van der Waals surface area contributed by atoms with Crippen molar-refractivity contribution < 1.29 is 9.21 Å². The summed E-state index contributed by atoms with van der Waals surface area (Å²) in [5.74, 6) is 1.47. The van der Waals surface area contributed by atoms with Crippen molar-refractivity contribution in [2.75, 3.05) is 0 Å². The number of nitrogens with one attached hydrogen (secondary N) is 1. The van der Waals surface area contributed by atoms with Gasteiger partial charge in [0.25, 0.3) is 5.24 Å². The summed E-state index contributed by atoms with van der Waals surface area (Å²) in [4.78, 5) is 12.3. The van der Waals surface area contributed by atoms with Crippen molar-refractivity contribution in [3.05, 3.63) is 53.1 Å². The van der Waals surface area contributed by atoms with E-state index in [1.807, 2.05) is 42.5 Å². The van der Waals surface area contributed by atoms with E-state index in [1.54, 1.807) is 6.08 Å². The fourth-order valence-electron chi connectivity index (χ4n) is 1.74. The van der Waals surface area contributed by atoms with Crippen LogP contribution in [0.2, 0.25) is 0 Å². The lowest BCUT2D eigenvalue weighted by molar-refractivity contribution is 0.265. The van der Waals surface area contributed by atoms with Gasteiger partial charge in [-0.15, -0.1) is 0 Å². The molecule has 3 nitrogen and oxygen atoms in total. The summed E-state index contributed by atoms with van der Waals surface area (Å²) in [6.45, 7) is 0. The third kappa shape index (κ3) is 2.62. The summed E-state index contributed by atoms with van der Waals surface area (Å²) >= 11 is 6.14. The first-order valence-electron chi connectivity index (χ1n) is 5.62. The molecule has 1 aliphatic rings. The molecule has 0 bridgehead atoms. The van der Waals surface area contributed by atoms with Crippen LogP contribution < -0.4 is 5.32 Å². The lowest BCUT2D eigenvalue weighted by atomic mass is 10.2. The van der Waals surface area contributed by atoms with Crippen LogP contribution in [0.15, 0.2) is 51.8 Å². The zero-order chi connectivity index (χ0) is 13.2. The van der Waals surface area contributed by atoms with Crippen molar-refractivity contribution in [3.8, 4) is 11.3 Å². The van der Waals surface area contributed by atoms with E-state index in [4.69, 9.17) is 16.6 Å². The third-order valence-corrected chi connectivity index (χ3v) is 3.88. The van der Waals surface area contributed by atoms with Crippen LogP contribution in [0.1, 0.15) is 5.76 Å². The Balaban J connectivity index is 1.89. The van der Waals surface area contributed by atoms with E-state index in [2.05, 4.69) is 5.32 Å². The molecule has 1 fully saturated rings. The van der Waals surface area contributed by atoms with Gasteiger partial charge in [0.1, 0.15) is 16.5 Å². The van der Waals surface area contributed by atoms with Gasteiger partial charge in [0, 0.05) is 5.56 Å². The van der Waals surface area contributed by atoms with Gasteiger partial charge in [-0.1, -0.05) is 42.5 Å². The summed E-state index contributed by atoms with van der Waals surface area (Å²) in [5.41, 5.74) is 1.02. The van der Waals surface area contributed by atoms with Crippen LogP contribution in [-0.4, -0.2) is 10.2 Å². The van der Waals surface area contributed by atoms with Crippen molar-refractivity contribution in [1.29, 1.82) is 0 Å². The van der Waals surface area contributed by atoms with Gasteiger partial charge in [-0.3, -0.25) is 4.79 Å². The zero-order valence-electron chi connectivity index (χ0n) is 9.75. The molecule has 5 heteroatoms. The largest absolute Gasteiger partial charge is 0.457 e. The van der Waals surface area contributed by atoms with Crippen molar-refractivity contribution in [3.63, 3.8) is 0 Å². The summed E-state index contributed by atoms with van der Waals surface area (Å²) in [6, 6.07) is 13.6. The van der Waals surface area contributed by atoms with E-state index in [9.17, 15) is 4.79 Å². The van der Waals surface area contributed by atoms with E-state index in [-0.39, 0.29) is 5.24 Å². The van der Waals surface area contributed by atoms with Crippen molar-refractivity contribution >= 4 is 40.3 Å². The van der Waals surface area contributed by atoms with E-state index in [0.29, 0.717) is 15.7 Å². The predicted octanol–water partition coefficient (Wildman–Crippen LogP) is 4.07. The molecule has 1 saturated heterocycles. The molecular weight excluding hydrogens is 278 g/mol. The molecule has 0 radical (unpaired) electrons. The Morgan fingerprint density at radius 1 is 1.16 bits per heavy atom. The molecule has 2 aromatic rings. The molecule has 2 heterocycles. The number of hydrogen-bond donors (Lipinski definition) is 1. The van der Waals surface area contributed by atoms with Crippen molar-refractivity contribution in [2.45, 2.75) is 0 Å². The highest BCUT2D eigenvalue weighted by atomic mass is 32.2. The van der Waals surface area contributed by atoms with Crippen LogP contribution in [0.4, 0.5) is 4.79 Å². The van der Waals surface area contributed by atoms with Gasteiger partial charge in [0.05, 0.1) is 4.91 Å². The normalized spacial score (nSPS) is 16.9. The Labute approximate surface area is 119 Å². The van der Waals surface area contributed by atoms with Crippen LogP contribution in [-0.2, 0) is 0 Å². The van der Waals surface area contributed by atoms with E-state index >= 15 is 0 Å². The quantitative estimate of drug-likeness (QED) is 0.668. The zero-order valence-corrected chi connectivity index (χ0v) is 11.4. The van der Waals surface area contributed by atoms with Gasteiger partial charge < -0.3 is 9.73 Å². The van der Waals surface area contributed by atoms with Gasteiger partial charge in [-0.2, -0.15) is 0 Å². The van der Waals surface area contributed by atoms with E-state index in [1.165, 1.54) is 0 Å². The first-order chi connectivity index (χ1) is 9.22. The molecule has 1 aromatic carbocycles. The lowest BCUT2D eigenvalue weighted by Gasteiger charge is -1.95. The Morgan fingerprint density at radius 2 is 1.95 bits per heavy atom. The molecule has 0 unspecified atom stereocenters. The van der Waals surface area contributed by atoms with E-state index in [0.717, 1.165) is 23.1 Å². The maximum absolute atomic E-state index is 11.2. The molecule has 1 aliphatic heterocycles. The maximum atomic E-state index is 11.2. The number of hydrogen-bond acceptors (Lipinski definition) is 4. The summed E-state index contributed by atoms with van der Waals surface area (Å²) in [6.07, 6.45) is 1.78. The molecule has 19 heavy (non-hydrogen) atoms. The Hall–Kier alpha value is -1.85. The number of thiocarbonyl (C=S) groups is 1. The average molecular weight is 287 g/mol. The number of furan rings is 1. The Morgan fingerprint density at radius 3 is 2.63 bits per heavy atom. The smallest absolute Gasteiger partial charge is 0.289 e. The molecule has 0 aliphatic carbocycles. The van der Waals surface area contributed by atoms with E-state index < -0.39 is 0 Å². The number of thioether (sulfide) groups is 1. The molecule has 1 amide bonds. The van der Waals surface area contributed by atoms with Crippen LogP contribution >= 0.6 is 24.0 Å². The van der Waals surface area contributed by atoms with Crippen LogP contribution in [0, 0.1) is 0 Å². The molecule has 1 N–H and O–H groups in total. The monoisotopic (exact) mass is 287 g/mol. The molecule has 1 aromatic heterocycles. The Bertz CT molecular complexity index is 674. The first kappa shape index (κ1) is 12.2. The minimum absolute atomic E-state index is 0.147. The van der Waals surface area contributed by atoms with Crippen molar-refractivity contribution in [2.24, 2.45) is 0 Å². The van der Waals surface area contributed by atoms with Crippen LogP contribution in [0.5, 0.6) is 0 Å². The maximum Gasteiger partial charge on any atom is 0.289 e. The fourth-order valence-corrected chi connectivity index (χ4v) is 2.75. The van der Waals surface area contributed by atoms with Gasteiger partial charge in [-0.25, -0.2) is 0 Å². The van der Waals surface area contributed by atoms with Crippen molar-refractivity contribution in [1.82, 2.24) is 5.32 Å². The minimum Gasteiger partial charge on any atom is -0.457 e. The minimum atomic E-state index is -0.147. The summed E-state index contributed by atoms with van der Waals surface area (Å²) in [7, 11) is 0. The third-order valence-electron chi connectivity index (χ3n) is 2.60. The highest BCUT2D eigenvalue weighted by Crippen LogP contribution is 2.29. The molecule has 3 rings (SSSR count). The second-order valence-corrected chi connectivity index (χ2v) is 5.34. The molecule has 0 saturated carbocycles. The topological polar surface area (TPSA) is 42.2 Å². The summed E-state index contributed by atoms with van der Waals surface area (Å²) in [5, 5.41) is 2.42. The highest BCUT2D eigenvalue weighted by Gasteiger charge is 2.21. The number of benzene rings is 1. The highest BCUT2D eigenvalue weighted by molar-refractivity contribution is 8.19. The molecule has 0 atom stereocenters. The lowest BCUT2D eigenvalue weighted by Crippen LogP contribution is -2.15. The van der Waals surface area contributed by atoms with Gasteiger partial charge in [0.15, 0.2) is 0 Å². The van der Waals surface area contributed by atoms with Gasteiger partial charge >= 0.3 is 0 Å². The fraction of sp³-hybridized carbons (Fsp3) is 0.